The van der Waals surface area contributed by atoms with E-state index in [0.717, 1.165) is 16.7 Å². The van der Waals surface area contributed by atoms with Crippen LogP contribution in [-0.4, -0.2) is 34.0 Å². The number of hydrogen-bond donors (Lipinski definition) is 1. The van der Waals surface area contributed by atoms with Gasteiger partial charge >= 0.3 is 0 Å². The average molecular weight is 381 g/mol. The Balaban J connectivity index is 1.69. The van der Waals surface area contributed by atoms with E-state index in [-0.39, 0.29) is 11.7 Å². The van der Waals surface area contributed by atoms with E-state index in [4.69, 9.17) is 16.3 Å². The standard InChI is InChI=1S/C21H17ClN2O3/c22-18-5-1-3-14(10-18)21(26)24-7-8-27-20-17(13-24)9-16(11-19(20)25)15-4-2-6-23-12-15/h1-6,9-12,25H,7-8,13H2. The van der Waals surface area contributed by atoms with Gasteiger partial charge in [-0.25, -0.2) is 0 Å². The van der Waals surface area contributed by atoms with E-state index in [1.165, 1.54) is 0 Å². The summed E-state index contributed by atoms with van der Waals surface area (Å²) < 4.78 is 5.72. The minimum Gasteiger partial charge on any atom is -0.504 e. The predicted octanol–water partition coefficient (Wildman–Crippen LogP) is 4.14. The molecule has 0 saturated heterocycles. The zero-order valence-electron chi connectivity index (χ0n) is 14.4. The number of fused-ring (bicyclic) bond motifs is 1. The van der Waals surface area contributed by atoms with Crippen molar-refractivity contribution >= 4 is 17.5 Å². The fraction of sp³-hybridized carbons (Fsp3) is 0.143. The van der Waals surface area contributed by atoms with Crippen molar-refractivity contribution in [3.63, 3.8) is 0 Å². The van der Waals surface area contributed by atoms with Crippen LogP contribution in [0.5, 0.6) is 11.5 Å². The molecule has 0 bridgehead atoms. The Morgan fingerprint density at radius 3 is 2.81 bits per heavy atom. The third kappa shape index (κ3) is 3.59. The molecule has 5 nitrogen and oxygen atoms in total. The number of ether oxygens (including phenoxy) is 1. The summed E-state index contributed by atoms with van der Waals surface area (Å²) in [5.41, 5.74) is 2.98. The van der Waals surface area contributed by atoms with Gasteiger partial charge in [-0.3, -0.25) is 9.78 Å². The zero-order chi connectivity index (χ0) is 18.8. The lowest BCUT2D eigenvalue weighted by molar-refractivity contribution is 0.0733. The van der Waals surface area contributed by atoms with Gasteiger partial charge in [0.25, 0.3) is 5.91 Å². The maximum atomic E-state index is 12.9. The molecule has 27 heavy (non-hydrogen) atoms. The summed E-state index contributed by atoms with van der Waals surface area (Å²) in [6.07, 6.45) is 3.43. The lowest BCUT2D eigenvalue weighted by atomic mass is 10.0. The highest BCUT2D eigenvalue weighted by Crippen LogP contribution is 2.37. The SMILES string of the molecule is O=C(c1cccc(Cl)c1)N1CCOc2c(O)cc(-c3cccnc3)cc2C1. The minimum atomic E-state index is -0.125. The van der Waals surface area contributed by atoms with Crippen LogP contribution in [0.1, 0.15) is 15.9 Å². The van der Waals surface area contributed by atoms with Crippen molar-refractivity contribution in [2.45, 2.75) is 6.54 Å². The van der Waals surface area contributed by atoms with Crippen LogP contribution in [-0.2, 0) is 6.54 Å². The van der Waals surface area contributed by atoms with Gasteiger partial charge in [0.2, 0.25) is 0 Å². The van der Waals surface area contributed by atoms with Gasteiger partial charge in [0.15, 0.2) is 11.5 Å². The molecule has 0 atom stereocenters. The Morgan fingerprint density at radius 1 is 1.15 bits per heavy atom. The summed E-state index contributed by atoms with van der Waals surface area (Å²) in [5, 5.41) is 11.0. The number of benzene rings is 2. The Morgan fingerprint density at radius 2 is 2.04 bits per heavy atom. The van der Waals surface area contributed by atoms with Gasteiger partial charge in [-0.1, -0.05) is 23.7 Å². The van der Waals surface area contributed by atoms with Crippen molar-refractivity contribution in [3.05, 3.63) is 77.1 Å². The van der Waals surface area contributed by atoms with Gasteiger partial charge in [-0.15, -0.1) is 0 Å². The number of nitrogens with zero attached hydrogens (tertiary/aromatic N) is 2. The van der Waals surface area contributed by atoms with E-state index < -0.39 is 0 Å². The smallest absolute Gasteiger partial charge is 0.254 e. The van der Waals surface area contributed by atoms with Crippen molar-refractivity contribution in [2.24, 2.45) is 0 Å². The third-order valence-corrected chi connectivity index (χ3v) is 4.70. The summed E-state index contributed by atoms with van der Waals surface area (Å²) in [7, 11) is 0. The molecule has 1 aromatic heterocycles. The summed E-state index contributed by atoms with van der Waals surface area (Å²) >= 11 is 6.02. The van der Waals surface area contributed by atoms with Crippen LogP contribution in [0, 0.1) is 0 Å². The minimum absolute atomic E-state index is 0.0587. The van der Waals surface area contributed by atoms with Crippen LogP contribution < -0.4 is 4.74 Å². The number of hydrogen-bond acceptors (Lipinski definition) is 4. The van der Waals surface area contributed by atoms with E-state index in [0.29, 0.717) is 36.0 Å². The second kappa shape index (κ2) is 7.29. The summed E-state index contributed by atoms with van der Waals surface area (Å²) in [5.74, 6) is 0.354. The van der Waals surface area contributed by atoms with Crippen LogP contribution in [0.3, 0.4) is 0 Å². The molecule has 1 N–H and O–H groups in total. The number of aromatic hydroxyl groups is 1. The number of carbonyl (C=O) groups is 1. The highest BCUT2D eigenvalue weighted by atomic mass is 35.5. The lowest BCUT2D eigenvalue weighted by Crippen LogP contribution is -2.32. The largest absolute Gasteiger partial charge is 0.504 e. The first-order valence-corrected chi connectivity index (χ1v) is 8.93. The van der Waals surface area contributed by atoms with Crippen molar-refractivity contribution in [1.29, 1.82) is 0 Å². The maximum Gasteiger partial charge on any atom is 0.254 e. The highest BCUT2D eigenvalue weighted by Gasteiger charge is 2.24. The first-order chi connectivity index (χ1) is 13.1. The fourth-order valence-electron chi connectivity index (χ4n) is 3.18. The molecule has 1 aliphatic heterocycles. The second-order valence-electron chi connectivity index (χ2n) is 6.31. The third-order valence-electron chi connectivity index (χ3n) is 4.47. The van der Waals surface area contributed by atoms with Gasteiger partial charge in [0.1, 0.15) is 6.61 Å². The van der Waals surface area contributed by atoms with E-state index >= 15 is 0 Å². The molecule has 0 fully saturated rings. The monoisotopic (exact) mass is 380 g/mol. The fourth-order valence-corrected chi connectivity index (χ4v) is 3.37. The number of halogens is 1. The molecule has 1 amide bonds. The van der Waals surface area contributed by atoms with E-state index in [1.54, 1.807) is 47.6 Å². The van der Waals surface area contributed by atoms with Crippen molar-refractivity contribution in [3.8, 4) is 22.6 Å². The predicted molar refractivity (Wildman–Crippen MR) is 103 cm³/mol. The number of rotatable bonds is 2. The number of phenols is 1. The zero-order valence-corrected chi connectivity index (χ0v) is 15.2. The molecule has 0 spiro atoms. The number of phenolic OH excluding ortho intramolecular Hbond substituents is 1. The number of pyridine rings is 1. The Bertz CT molecular complexity index is 992. The van der Waals surface area contributed by atoms with E-state index in [9.17, 15) is 9.90 Å². The van der Waals surface area contributed by atoms with Crippen LogP contribution >= 0.6 is 11.6 Å². The van der Waals surface area contributed by atoms with Crippen molar-refractivity contribution in [1.82, 2.24) is 9.88 Å². The lowest BCUT2D eigenvalue weighted by Gasteiger charge is -2.20. The molecular formula is C21H17ClN2O3. The molecule has 136 valence electrons. The summed E-state index contributed by atoms with van der Waals surface area (Å²) in [6.45, 7) is 1.06. The Kier molecular flexibility index (Phi) is 4.69. The average Bonchev–Trinajstić information content (AvgIpc) is 2.91. The van der Waals surface area contributed by atoms with E-state index in [1.807, 2.05) is 18.2 Å². The van der Waals surface area contributed by atoms with Crippen LogP contribution in [0.2, 0.25) is 5.02 Å². The van der Waals surface area contributed by atoms with Gasteiger partial charge < -0.3 is 14.7 Å². The normalized spacial score (nSPS) is 13.4. The first-order valence-electron chi connectivity index (χ1n) is 8.56. The summed E-state index contributed by atoms with van der Waals surface area (Å²) in [6, 6.07) is 14.2. The molecule has 0 unspecified atom stereocenters. The molecule has 0 saturated carbocycles. The van der Waals surface area contributed by atoms with Crippen LogP contribution in [0.25, 0.3) is 11.1 Å². The van der Waals surface area contributed by atoms with E-state index in [2.05, 4.69) is 4.98 Å². The first kappa shape index (κ1) is 17.4. The topological polar surface area (TPSA) is 62.7 Å². The quantitative estimate of drug-likeness (QED) is 0.725. The molecule has 3 aromatic rings. The van der Waals surface area contributed by atoms with Crippen LogP contribution in [0.15, 0.2) is 60.9 Å². The molecule has 2 aromatic carbocycles. The number of amides is 1. The molecule has 0 aliphatic carbocycles. The molecule has 4 rings (SSSR count). The second-order valence-corrected chi connectivity index (χ2v) is 6.75. The van der Waals surface area contributed by atoms with Gasteiger partial charge in [0.05, 0.1) is 6.54 Å². The van der Waals surface area contributed by atoms with Crippen molar-refractivity contribution in [2.75, 3.05) is 13.2 Å². The van der Waals surface area contributed by atoms with Gasteiger partial charge in [-0.05, 0) is 42.0 Å². The molecule has 1 aliphatic rings. The summed E-state index contributed by atoms with van der Waals surface area (Å²) in [4.78, 5) is 18.7. The number of carbonyl (C=O) groups excluding carboxylic acids is 1. The van der Waals surface area contributed by atoms with Gasteiger partial charge in [0, 0.05) is 40.7 Å². The molecule has 2 heterocycles. The highest BCUT2D eigenvalue weighted by molar-refractivity contribution is 6.30. The molecule has 0 radical (unpaired) electrons. The Labute approximate surface area is 161 Å². The van der Waals surface area contributed by atoms with Gasteiger partial charge in [-0.2, -0.15) is 0 Å². The molecule has 6 heteroatoms. The maximum absolute atomic E-state index is 12.9. The van der Waals surface area contributed by atoms with Crippen molar-refractivity contribution < 1.29 is 14.6 Å². The molecular weight excluding hydrogens is 364 g/mol. The Hall–Kier alpha value is -3.05. The number of aromatic nitrogens is 1. The van der Waals surface area contributed by atoms with Crippen LogP contribution in [0.4, 0.5) is 0 Å².